The molecule has 242 valence electrons. The van der Waals surface area contributed by atoms with E-state index in [1.54, 1.807) is 38.5 Å². The van der Waals surface area contributed by atoms with Crippen molar-refractivity contribution in [3.8, 4) is 23.0 Å². The van der Waals surface area contributed by atoms with Crippen molar-refractivity contribution in [2.24, 2.45) is 0 Å². The molecule has 0 radical (unpaired) electrons. The van der Waals surface area contributed by atoms with Gasteiger partial charge in [0.1, 0.15) is 23.0 Å². The van der Waals surface area contributed by atoms with E-state index in [2.05, 4.69) is 9.80 Å². The Kier molecular flexibility index (Phi) is 10.8. The second kappa shape index (κ2) is 15.4. The normalized spacial score (nSPS) is 14.0. The summed E-state index contributed by atoms with van der Waals surface area (Å²) in [5, 5.41) is 10.8. The van der Waals surface area contributed by atoms with Crippen LogP contribution in [0.3, 0.4) is 0 Å². The van der Waals surface area contributed by atoms with Crippen LogP contribution < -0.4 is 24.5 Å². The van der Waals surface area contributed by atoms with Gasteiger partial charge in [-0.25, -0.2) is 0 Å². The molecule has 0 amide bonds. The Labute approximate surface area is 268 Å². The lowest BCUT2D eigenvalue weighted by molar-refractivity contribution is -0.140. The van der Waals surface area contributed by atoms with Crippen LogP contribution >= 0.6 is 0 Å². The number of ether oxygens (including phenoxy) is 4. The second-order valence-corrected chi connectivity index (χ2v) is 11.1. The van der Waals surface area contributed by atoms with E-state index in [1.165, 1.54) is 13.2 Å². The molecule has 0 aliphatic carbocycles. The zero-order chi connectivity index (χ0) is 32.5. The molecule has 0 spiro atoms. The van der Waals surface area contributed by atoms with Crippen LogP contribution in [0.2, 0.25) is 0 Å². The van der Waals surface area contributed by atoms with Gasteiger partial charge >= 0.3 is 5.97 Å². The third kappa shape index (κ3) is 8.19. The first-order valence-electron chi connectivity index (χ1n) is 15.3. The number of methoxy groups -OCH3 is 3. The predicted octanol–water partition coefficient (Wildman–Crippen LogP) is 5.00. The Bertz CT molecular complexity index is 1630. The van der Waals surface area contributed by atoms with Crippen molar-refractivity contribution >= 4 is 11.7 Å². The van der Waals surface area contributed by atoms with Crippen molar-refractivity contribution in [2.45, 2.75) is 25.3 Å². The van der Waals surface area contributed by atoms with Gasteiger partial charge in [-0.2, -0.15) is 0 Å². The highest BCUT2D eigenvalue weighted by Gasteiger charge is 2.27. The molecule has 4 aromatic rings. The van der Waals surface area contributed by atoms with Crippen molar-refractivity contribution in [1.29, 1.82) is 0 Å². The summed E-state index contributed by atoms with van der Waals surface area (Å²) >= 11 is 0. The molecule has 2 heterocycles. The molecule has 1 fully saturated rings. The van der Waals surface area contributed by atoms with Gasteiger partial charge in [0, 0.05) is 44.4 Å². The van der Waals surface area contributed by atoms with Crippen LogP contribution in [0.15, 0.2) is 88.1 Å². The summed E-state index contributed by atoms with van der Waals surface area (Å²) in [4.78, 5) is 29.9. The van der Waals surface area contributed by atoms with Crippen LogP contribution in [-0.4, -0.2) is 70.1 Å². The standard InChI is InChI=1S/C36H40N2O8/c1-42-28-10-4-25(5-11-28)16-21-45-30-12-6-26(7-13-30)32(23-34(40)44-3)36-35(41)33(39)22-31(46-36)24-37-17-19-38(20-18-37)27-8-14-29(43-2)15-9-27/h4-15,22,32,41H,16-21,23-24H2,1-3H3/t32-/m0/s1. The number of piperazine rings is 1. The monoisotopic (exact) mass is 628 g/mol. The van der Waals surface area contributed by atoms with Crippen LogP contribution in [0.25, 0.3) is 0 Å². The highest BCUT2D eigenvalue weighted by Crippen LogP contribution is 2.34. The smallest absolute Gasteiger partial charge is 0.306 e. The third-order valence-corrected chi connectivity index (χ3v) is 8.21. The molecule has 1 atom stereocenters. The molecule has 1 saturated heterocycles. The Hall–Kier alpha value is -4.96. The summed E-state index contributed by atoms with van der Waals surface area (Å²) in [6, 6.07) is 24.4. The molecule has 10 nitrogen and oxygen atoms in total. The van der Waals surface area contributed by atoms with Crippen LogP contribution in [0.4, 0.5) is 5.69 Å². The molecule has 5 rings (SSSR count). The van der Waals surface area contributed by atoms with Crippen molar-refractivity contribution in [3.63, 3.8) is 0 Å². The quantitative estimate of drug-likeness (QED) is 0.203. The number of carbonyl (C=O) groups excluding carboxylic acids is 1. The van der Waals surface area contributed by atoms with Gasteiger partial charge in [0.2, 0.25) is 11.2 Å². The predicted molar refractivity (Wildman–Crippen MR) is 174 cm³/mol. The maximum Gasteiger partial charge on any atom is 0.306 e. The SMILES string of the molecule is COC(=O)C[C@@H](c1ccc(OCCc2ccc(OC)cc2)cc1)c1oc(CN2CCN(c3ccc(OC)cc3)CC2)cc(=O)c1O. The average Bonchev–Trinajstić information content (AvgIpc) is 3.10. The fourth-order valence-electron chi connectivity index (χ4n) is 5.53. The first-order chi connectivity index (χ1) is 22.4. The van der Waals surface area contributed by atoms with E-state index in [4.69, 9.17) is 23.4 Å². The molecule has 1 aromatic heterocycles. The number of benzene rings is 3. The fraction of sp³-hybridized carbons (Fsp3) is 0.333. The highest BCUT2D eigenvalue weighted by atomic mass is 16.5. The van der Waals surface area contributed by atoms with Gasteiger partial charge in [-0.05, 0) is 59.7 Å². The molecular formula is C36H40N2O8. The topological polar surface area (TPSA) is 111 Å². The number of anilines is 1. The summed E-state index contributed by atoms with van der Waals surface area (Å²) < 4.78 is 27.5. The van der Waals surface area contributed by atoms with E-state index in [1.807, 2.05) is 48.5 Å². The molecule has 0 bridgehead atoms. The molecule has 0 saturated carbocycles. The van der Waals surface area contributed by atoms with Gasteiger partial charge in [0.25, 0.3) is 0 Å². The van der Waals surface area contributed by atoms with Crippen molar-refractivity contribution in [2.75, 3.05) is 59.0 Å². The molecule has 1 N–H and O–H groups in total. The highest BCUT2D eigenvalue weighted by molar-refractivity contribution is 5.71. The molecule has 1 aliphatic heterocycles. The minimum absolute atomic E-state index is 0.0398. The zero-order valence-electron chi connectivity index (χ0n) is 26.4. The largest absolute Gasteiger partial charge is 0.502 e. The number of hydrogen-bond donors (Lipinski definition) is 1. The molecular weight excluding hydrogens is 588 g/mol. The van der Waals surface area contributed by atoms with Gasteiger partial charge in [-0.3, -0.25) is 14.5 Å². The van der Waals surface area contributed by atoms with E-state index >= 15 is 0 Å². The van der Waals surface area contributed by atoms with Crippen LogP contribution in [0, 0.1) is 0 Å². The van der Waals surface area contributed by atoms with E-state index in [0.717, 1.165) is 55.3 Å². The Morgan fingerprint density at radius 1 is 0.848 bits per heavy atom. The Morgan fingerprint density at radius 3 is 2.07 bits per heavy atom. The first kappa shape index (κ1) is 32.4. The Balaban J connectivity index is 1.26. The number of rotatable bonds is 13. The van der Waals surface area contributed by atoms with Gasteiger partial charge in [-0.1, -0.05) is 24.3 Å². The number of nitrogens with zero attached hydrogens (tertiary/aromatic N) is 2. The van der Waals surface area contributed by atoms with Gasteiger partial charge in [0.05, 0.1) is 46.8 Å². The molecule has 46 heavy (non-hydrogen) atoms. The lowest BCUT2D eigenvalue weighted by Gasteiger charge is -2.36. The summed E-state index contributed by atoms with van der Waals surface area (Å²) in [6.07, 6.45) is 0.605. The van der Waals surface area contributed by atoms with E-state index in [-0.39, 0.29) is 12.2 Å². The number of hydrogen-bond acceptors (Lipinski definition) is 10. The Morgan fingerprint density at radius 2 is 1.46 bits per heavy atom. The lowest BCUT2D eigenvalue weighted by Crippen LogP contribution is -2.46. The second-order valence-electron chi connectivity index (χ2n) is 11.1. The van der Waals surface area contributed by atoms with Crippen LogP contribution in [0.1, 0.15) is 35.0 Å². The number of aromatic hydroxyl groups is 1. The lowest BCUT2D eigenvalue weighted by atomic mass is 9.92. The number of esters is 1. The molecule has 0 unspecified atom stereocenters. The third-order valence-electron chi connectivity index (χ3n) is 8.21. The van der Waals surface area contributed by atoms with Crippen LogP contribution in [0.5, 0.6) is 23.0 Å². The van der Waals surface area contributed by atoms with Crippen molar-refractivity contribution in [3.05, 3.63) is 112 Å². The maximum absolute atomic E-state index is 12.9. The summed E-state index contributed by atoms with van der Waals surface area (Å²) in [5.74, 6) is 0.993. The van der Waals surface area contributed by atoms with E-state index in [0.29, 0.717) is 30.2 Å². The van der Waals surface area contributed by atoms with Crippen molar-refractivity contribution in [1.82, 2.24) is 4.90 Å². The summed E-state index contributed by atoms with van der Waals surface area (Å²) in [6.45, 7) is 4.01. The minimum atomic E-state index is -0.736. The summed E-state index contributed by atoms with van der Waals surface area (Å²) in [5.41, 5.74) is 2.37. The van der Waals surface area contributed by atoms with Gasteiger partial charge < -0.3 is 33.4 Å². The fourth-order valence-corrected chi connectivity index (χ4v) is 5.53. The minimum Gasteiger partial charge on any atom is -0.502 e. The molecule has 1 aliphatic rings. The average molecular weight is 629 g/mol. The van der Waals surface area contributed by atoms with E-state index < -0.39 is 23.1 Å². The van der Waals surface area contributed by atoms with Crippen molar-refractivity contribution < 1.29 is 33.3 Å². The first-order valence-corrected chi connectivity index (χ1v) is 15.3. The van der Waals surface area contributed by atoms with Gasteiger partial charge in [-0.15, -0.1) is 0 Å². The summed E-state index contributed by atoms with van der Waals surface area (Å²) in [7, 11) is 4.59. The number of carbonyl (C=O) groups is 1. The molecule has 10 heteroatoms. The van der Waals surface area contributed by atoms with E-state index in [9.17, 15) is 14.7 Å². The zero-order valence-corrected chi connectivity index (χ0v) is 26.4. The molecule has 3 aromatic carbocycles. The van der Waals surface area contributed by atoms with Gasteiger partial charge in [0.15, 0.2) is 5.76 Å². The van der Waals surface area contributed by atoms with Crippen LogP contribution in [-0.2, 0) is 22.5 Å². The maximum atomic E-state index is 12.9.